The number of hydrogen-bond acceptors (Lipinski definition) is 3. The van der Waals surface area contributed by atoms with Gasteiger partial charge < -0.3 is 11.1 Å². The number of aromatic amines is 1. The molecule has 5 heteroatoms. The highest BCUT2D eigenvalue weighted by Gasteiger charge is 2.32. The van der Waals surface area contributed by atoms with Crippen LogP contribution in [0, 0.1) is 17.3 Å². The molecule has 1 fully saturated rings. The average Bonchev–Trinajstić information content (AvgIpc) is 2.81. The van der Waals surface area contributed by atoms with Crippen LogP contribution in [-0.2, 0) is 11.3 Å². The number of carbonyl (C=O) groups excluding carboxylic acids is 1. The molecule has 0 aromatic carbocycles. The van der Waals surface area contributed by atoms with Crippen LogP contribution in [0.15, 0.2) is 6.20 Å². The Labute approximate surface area is 120 Å². The smallest absolute Gasteiger partial charge is 0.223 e. The number of amides is 1. The van der Waals surface area contributed by atoms with Crippen molar-refractivity contribution in [2.24, 2.45) is 17.3 Å². The lowest BCUT2D eigenvalue weighted by atomic mass is 9.69. The van der Waals surface area contributed by atoms with Gasteiger partial charge in [0.25, 0.3) is 0 Å². The van der Waals surface area contributed by atoms with Crippen molar-refractivity contribution < 1.29 is 4.79 Å². The molecular weight excluding hydrogens is 252 g/mol. The first-order chi connectivity index (χ1) is 9.38. The van der Waals surface area contributed by atoms with Crippen molar-refractivity contribution >= 4 is 11.7 Å². The van der Waals surface area contributed by atoms with E-state index in [0.717, 1.165) is 37.2 Å². The van der Waals surface area contributed by atoms with Gasteiger partial charge >= 0.3 is 0 Å². The van der Waals surface area contributed by atoms with Gasteiger partial charge in [-0.2, -0.15) is 5.10 Å². The Balaban J connectivity index is 1.79. The first kappa shape index (κ1) is 14.9. The molecule has 0 aliphatic heterocycles. The normalized spacial score (nSPS) is 23.6. The van der Waals surface area contributed by atoms with E-state index < -0.39 is 0 Å². The summed E-state index contributed by atoms with van der Waals surface area (Å²) in [5.41, 5.74) is 6.90. The SMILES string of the molecule is CC(C)(C)C1CCC(C(=O)NCc2cn[nH]c2N)CC1. The van der Waals surface area contributed by atoms with E-state index in [2.05, 4.69) is 36.3 Å². The van der Waals surface area contributed by atoms with Gasteiger partial charge in [0.05, 0.1) is 6.20 Å². The monoisotopic (exact) mass is 278 g/mol. The van der Waals surface area contributed by atoms with Crippen molar-refractivity contribution in [2.75, 3.05) is 5.73 Å². The van der Waals surface area contributed by atoms with Crippen molar-refractivity contribution in [3.63, 3.8) is 0 Å². The quantitative estimate of drug-likeness (QED) is 0.794. The summed E-state index contributed by atoms with van der Waals surface area (Å²) in [6.45, 7) is 7.33. The largest absolute Gasteiger partial charge is 0.384 e. The van der Waals surface area contributed by atoms with Crippen LogP contribution < -0.4 is 11.1 Å². The highest BCUT2D eigenvalue weighted by molar-refractivity contribution is 5.78. The first-order valence-corrected chi connectivity index (χ1v) is 7.43. The molecule has 0 saturated heterocycles. The maximum absolute atomic E-state index is 12.2. The van der Waals surface area contributed by atoms with Crippen LogP contribution in [0.2, 0.25) is 0 Å². The molecule has 112 valence electrons. The molecule has 4 N–H and O–H groups in total. The summed E-state index contributed by atoms with van der Waals surface area (Å²) < 4.78 is 0. The molecule has 0 unspecified atom stereocenters. The summed E-state index contributed by atoms with van der Waals surface area (Å²) in [5.74, 6) is 1.57. The number of rotatable bonds is 3. The molecule has 1 aromatic rings. The van der Waals surface area contributed by atoms with Gasteiger partial charge in [-0.05, 0) is 37.0 Å². The number of nitrogens with one attached hydrogen (secondary N) is 2. The second kappa shape index (κ2) is 5.85. The van der Waals surface area contributed by atoms with Crippen molar-refractivity contribution in [1.29, 1.82) is 0 Å². The topological polar surface area (TPSA) is 83.8 Å². The summed E-state index contributed by atoms with van der Waals surface area (Å²) in [5, 5.41) is 9.49. The minimum absolute atomic E-state index is 0.151. The van der Waals surface area contributed by atoms with Crippen molar-refractivity contribution in [3.05, 3.63) is 11.8 Å². The molecule has 0 atom stereocenters. The van der Waals surface area contributed by atoms with E-state index >= 15 is 0 Å². The number of nitrogens with zero attached hydrogens (tertiary/aromatic N) is 1. The van der Waals surface area contributed by atoms with Gasteiger partial charge in [0, 0.05) is 18.0 Å². The van der Waals surface area contributed by atoms with Crippen molar-refractivity contribution in [2.45, 2.75) is 53.0 Å². The van der Waals surface area contributed by atoms with E-state index in [1.807, 2.05) is 0 Å². The van der Waals surface area contributed by atoms with Crippen LogP contribution >= 0.6 is 0 Å². The summed E-state index contributed by atoms with van der Waals surface area (Å²) in [6.07, 6.45) is 5.94. The predicted octanol–water partition coefficient (Wildman–Crippen LogP) is 2.46. The van der Waals surface area contributed by atoms with Gasteiger partial charge in [0.15, 0.2) is 0 Å². The second-order valence-electron chi connectivity index (χ2n) is 6.94. The molecule has 2 rings (SSSR count). The van der Waals surface area contributed by atoms with Crippen LogP contribution in [-0.4, -0.2) is 16.1 Å². The van der Waals surface area contributed by atoms with Gasteiger partial charge in [-0.1, -0.05) is 20.8 Å². The lowest BCUT2D eigenvalue weighted by Crippen LogP contribution is -2.35. The van der Waals surface area contributed by atoms with E-state index in [-0.39, 0.29) is 11.8 Å². The molecule has 0 spiro atoms. The van der Waals surface area contributed by atoms with Gasteiger partial charge in [-0.15, -0.1) is 0 Å². The zero-order chi connectivity index (χ0) is 14.8. The minimum atomic E-state index is 0.151. The van der Waals surface area contributed by atoms with E-state index in [1.165, 1.54) is 0 Å². The van der Waals surface area contributed by atoms with E-state index in [0.29, 0.717) is 17.8 Å². The third-order valence-corrected chi connectivity index (χ3v) is 4.53. The predicted molar refractivity (Wildman–Crippen MR) is 79.7 cm³/mol. The summed E-state index contributed by atoms with van der Waals surface area (Å²) in [7, 11) is 0. The Hall–Kier alpha value is -1.52. The minimum Gasteiger partial charge on any atom is -0.384 e. The molecule has 5 nitrogen and oxygen atoms in total. The molecule has 1 heterocycles. The molecule has 0 bridgehead atoms. The molecule has 1 amide bonds. The zero-order valence-electron chi connectivity index (χ0n) is 12.7. The maximum atomic E-state index is 12.2. The lowest BCUT2D eigenvalue weighted by molar-refractivity contribution is -0.126. The van der Waals surface area contributed by atoms with Gasteiger partial charge in [-0.3, -0.25) is 9.89 Å². The molecule has 0 radical (unpaired) electrons. The number of aromatic nitrogens is 2. The Morgan fingerprint density at radius 3 is 2.55 bits per heavy atom. The lowest BCUT2D eigenvalue weighted by Gasteiger charge is -2.36. The van der Waals surface area contributed by atoms with Crippen LogP contribution in [0.5, 0.6) is 0 Å². The van der Waals surface area contributed by atoms with Crippen LogP contribution in [0.3, 0.4) is 0 Å². The fraction of sp³-hybridized carbons (Fsp3) is 0.733. The molecule has 1 saturated carbocycles. The summed E-state index contributed by atoms with van der Waals surface area (Å²) in [6, 6.07) is 0. The Bertz CT molecular complexity index is 453. The van der Waals surface area contributed by atoms with Crippen LogP contribution in [0.4, 0.5) is 5.82 Å². The number of H-pyrrole nitrogens is 1. The standard InChI is InChI=1S/C15H26N4O/c1-15(2,3)12-6-4-10(5-7-12)14(20)17-8-11-9-18-19-13(11)16/h9-10,12H,4-8H2,1-3H3,(H,17,20)(H3,16,18,19). The molecule has 20 heavy (non-hydrogen) atoms. The highest BCUT2D eigenvalue weighted by atomic mass is 16.1. The fourth-order valence-corrected chi connectivity index (χ4v) is 3.01. The molecule has 1 aliphatic carbocycles. The van der Waals surface area contributed by atoms with Gasteiger partial charge in [0.2, 0.25) is 5.91 Å². The Morgan fingerprint density at radius 1 is 1.40 bits per heavy atom. The zero-order valence-corrected chi connectivity index (χ0v) is 12.7. The number of nitrogen functional groups attached to an aromatic ring is 1. The average molecular weight is 278 g/mol. The molecule has 1 aromatic heterocycles. The first-order valence-electron chi connectivity index (χ1n) is 7.43. The number of anilines is 1. The molecular formula is C15H26N4O. The van der Waals surface area contributed by atoms with Crippen LogP contribution in [0.1, 0.15) is 52.0 Å². The fourth-order valence-electron chi connectivity index (χ4n) is 3.01. The molecule has 1 aliphatic rings. The number of hydrogen-bond donors (Lipinski definition) is 3. The number of nitrogens with two attached hydrogens (primary N) is 1. The number of carbonyl (C=O) groups is 1. The summed E-state index contributed by atoms with van der Waals surface area (Å²) in [4.78, 5) is 12.2. The van der Waals surface area contributed by atoms with Crippen LogP contribution in [0.25, 0.3) is 0 Å². The third-order valence-electron chi connectivity index (χ3n) is 4.53. The summed E-state index contributed by atoms with van der Waals surface area (Å²) >= 11 is 0. The third kappa shape index (κ3) is 3.52. The Morgan fingerprint density at radius 2 is 2.05 bits per heavy atom. The van der Waals surface area contributed by atoms with E-state index in [4.69, 9.17) is 5.73 Å². The van der Waals surface area contributed by atoms with Gasteiger partial charge in [-0.25, -0.2) is 0 Å². The Kier molecular flexibility index (Phi) is 4.35. The maximum Gasteiger partial charge on any atom is 0.223 e. The van der Waals surface area contributed by atoms with E-state index in [9.17, 15) is 4.79 Å². The highest BCUT2D eigenvalue weighted by Crippen LogP contribution is 2.39. The van der Waals surface area contributed by atoms with Crippen molar-refractivity contribution in [3.8, 4) is 0 Å². The van der Waals surface area contributed by atoms with E-state index in [1.54, 1.807) is 6.20 Å². The van der Waals surface area contributed by atoms with Crippen molar-refractivity contribution in [1.82, 2.24) is 15.5 Å². The van der Waals surface area contributed by atoms with Gasteiger partial charge in [0.1, 0.15) is 5.82 Å². The second-order valence-corrected chi connectivity index (χ2v) is 6.94.